The zero-order chi connectivity index (χ0) is 11.5. The van der Waals surface area contributed by atoms with E-state index in [1.807, 2.05) is 12.1 Å². The fourth-order valence-corrected chi connectivity index (χ4v) is 1.42. The van der Waals surface area contributed by atoms with Crippen LogP contribution >= 0.6 is 15.9 Å². The van der Waals surface area contributed by atoms with Gasteiger partial charge in [0, 0.05) is 23.9 Å². The van der Waals surface area contributed by atoms with Crippen molar-refractivity contribution in [2.75, 3.05) is 0 Å². The van der Waals surface area contributed by atoms with Gasteiger partial charge in [-0.1, -0.05) is 15.9 Å². The Morgan fingerprint density at radius 1 is 1.31 bits per heavy atom. The molecule has 0 unspecified atom stereocenters. The molecule has 1 aromatic carbocycles. The lowest BCUT2D eigenvalue weighted by Gasteiger charge is -2.04. The molecular weight excluding hydrogens is 272 g/mol. The smallest absolute Gasteiger partial charge is 0.313 e. The molecule has 5 heteroatoms. The summed E-state index contributed by atoms with van der Waals surface area (Å²) < 4.78 is 7.75. The average molecular weight is 281 g/mol. The van der Waals surface area contributed by atoms with E-state index in [0.29, 0.717) is 5.75 Å². The Balaban J connectivity index is 2.31. The SMILES string of the molecule is Cn1ccnc(Oc2ccc(Br)cc2)c1=O. The maximum absolute atomic E-state index is 11.6. The number of rotatable bonds is 2. The first kappa shape index (κ1) is 10.9. The number of hydrogen-bond donors (Lipinski definition) is 0. The van der Waals surface area contributed by atoms with Gasteiger partial charge in [-0.25, -0.2) is 4.98 Å². The van der Waals surface area contributed by atoms with Crippen LogP contribution in [0.2, 0.25) is 0 Å². The summed E-state index contributed by atoms with van der Waals surface area (Å²) in [5, 5.41) is 0. The number of hydrogen-bond acceptors (Lipinski definition) is 3. The Labute approximate surface area is 101 Å². The van der Waals surface area contributed by atoms with Gasteiger partial charge >= 0.3 is 5.56 Å². The highest BCUT2D eigenvalue weighted by Crippen LogP contribution is 2.19. The van der Waals surface area contributed by atoms with Gasteiger partial charge in [0.1, 0.15) is 5.75 Å². The Hall–Kier alpha value is -1.62. The van der Waals surface area contributed by atoms with Gasteiger partial charge in [0.2, 0.25) is 0 Å². The van der Waals surface area contributed by atoms with Crippen LogP contribution in [0.1, 0.15) is 0 Å². The number of halogens is 1. The standard InChI is InChI=1S/C11H9BrN2O2/c1-14-7-6-13-10(11(14)15)16-9-4-2-8(12)3-5-9/h2-7H,1H3. The summed E-state index contributed by atoms with van der Waals surface area (Å²) >= 11 is 3.32. The van der Waals surface area contributed by atoms with Crippen molar-refractivity contribution < 1.29 is 4.74 Å². The lowest BCUT2D eigenvalue weighted by Crippen LogP contribution is -2.18. The highest BCUT2D eigenvalue weighted by atomic mass is 79.9. The van der Waals surface area contributed by atoms with Crippen LogP contribution in [0, 0.1) is 0 Å². The third kappa shape index (κ3) is 2.30. The van der Waals surface area contributed by atoms with E-state index in [2.05, 4.69) is 20.9 Å². The summed E-state index contributed by atoms with van der Waals surface area (Å²) in [5.74, 6) is 0.659. The molecule has 82 valence electrons. The lowest BCUT2D eigenvalue weighted by molar-refractivity contribution is 0.448. The van der Waals surface area contributed by atoms with E-state index in [1.54, 1.807) is 25.4 Å². The van der Waals surface area contributed by atoms with Crippen molar-refractivity contribution in [3.05, 3.63) is 51.5 Å². The molecule has 0 radical (unpaired) electrons. The van der Waals surface area contributed by atoms with Crippen LogP contribution in [-0.4, -0.2) is 9.55 Å². The van der Waals surface area contributed by atoms with Gasteiger partial charge in [-0.05, 0) is 24.3 Å². The zero-order valence-electron chi connectivity index (χ0n) is 8.55. The van der Waals surface area contributed by atoms with Gasteiger partial charge in [-0.2, -0.15) is 0 Å². The predicted molar refractivity (Wildman–Crippen MR) is 63.7 cm³/mol. The van der Waals surface area contributed by atoms with Crippen LogP contribution in [-0.2, 0) is 7.05 Å². The van der Waals surface area contributed by atoms with Gasteiger partial charge in [-0.3, -0.25) is 4.79 Å². The van der Waals surface area contributed by atoms with Crippen LogP contribution in [0.3, 0.4) is 0 Å². The predicted octanol–water partition coefficient (Wildman–Crippen LogP) is 2.34. The second kappa shape index (κ2) is 4.49. The Kier molecular flexibility index (Phi) is 3.05. The van der Waals surface area contributed by atoms with Crippen molar-refractivity contribution in [3.8, 4) is 11.6 Å². The van der Waals surface area contributed by atoms with Crippen molar-refractivity contribution >= 4 is 15.9 Å². The molecule has 0 fully saturated rings. The lowest BCUT2D eigenvalue weighted by atomic mass is 10.3. The topological polar surface area (TPSA) is 44.1 Å². The second-order valence-corrected chi connectivity index (χ2v) is 4.12. The van der Waals surface area contributed by atoms with E-state index >= 15 is 0 Å². The van der Waals surface area contributed by atoms with E-state index < -0.39 is 0 Å². The highest BCUT2D eigenvalue weighted by molar-refractivity contribution is 9.10. The van der Waals surface area contributed by atoms with E-state index in [4.69, 9.17) is 4.74 Å². The quantitative estimate of drug-likeness (QED) is 0.848. The molecule has 2 rings (SSSR count). The van der Waals surface area contributed by atoms with Crippen LogP contribution in [0.25, 0.3) is 0 Å². The molecule has 0 spiro atoms. The van der Waals surface area contributed by atoms with Gasteiger partial charge in [0.05, 0.1) is 0 Å². The maximum atomic E-state index is 11.6. The van der Waals surface area contributed by atoms with Gasteiger partial charge in [0.25, 0.3) is 5.88 Å². The molecule has 2 aromatic rings. The summed E-state index contributed by atoms with van der Waals surface area (Å²) in [6.07, 6.45) is 3.10. The summed E-state index contributed by atoms with van der Waals surface area (Å²) in [6.45, 7) is 0. The van der Waals surface area contributed by atoms with E-state index in [1.165, 1.54) is 10.8 Å². The van der Waals surface area contributed by atoms with E-state index in [0.717, 1.165) is 4.47 Å². The Morgan fingerprint density at radius 2 is 2.00 bits per heavy atom. The number of benzene rings is 1. The summed E-state index contributed by atoms with van der Waals surface area (Å²) in [6, 6.07) is 7.20. The van der Waals surface area contributed by atoms with Gasteiger partial charge in [-0.15, -0.1) is 0 Å². The molecule has 0 N–H and O–H groups in total. The summed E-state index contributed by atoms with van der Waals surface area (Å²) in [7, 11) is 1.65. The number of ether oxygens (including phenoxy) is 1. The fraction of sp³-hybridized carbons (Fsp3) is 0.0909. The van der Waals surface area contributed by atoms with Crippen molar-refractivity contribution in [1.82, 2.24) is 9.55 Å². The van der Waals surface area contributed by atoms with Crippen molar-refractivity contribution in [3.63, 3.8) is 0 Å². The second-order valence-electron chi connectivity index (χ2n) is 3.20. The Bertz CT molecular complexity index is 549. The molecule has 0 amide bonds. The largest absolute Gasteiger partial charge is 0.435 e. The monoisotopic (exact) mass is 280 g/mol. The molecule has 0 saturated heterocycles. The van der Waals surface area contributed by atoms with Crippen LogP contribution in [0.4, 0.5) is 0 Å². The van der Waals surface area contributed by atoms with Crippen molar-refractivity contribution in [2.45, 2.75) is 0 Å². The number of aromatic nitrogens is 2. The molecule has 0 aliphatic rings. The molecule has 16 heavy (non-hydrogen) atoms. The van der Waals surface area contributed by atoms with Crippen LogP contribution < -0.4 is 10.3 Å². The first-order chi connectivity index (χ1) is 7.66. The van der Waals surface area contributed by atoms with E-state index in [-0.39, 0.29) is 11.4 Å². The maximum Gasteiger partial charge on any atom is 0.313 e. The van der Waals surface area contributed by atoms with Crippen molar-refractivity contribution in [1.29, 1.82) is 0 Å². The summed E-state index contributed by atoms with van der Waals surface area (Å²) in [5.41, 5.74) is -0.259. The number of aryl methyl sites for hydroxylation is 1. The highest BCUT2D eigenvalue weighted by Gasteiger charge is 2.04. The molecule has 1 aromatic heterocycles. The minimum Gasteiger partial charge on any atom is -0.435 e. The average Bonchev–Trinajstić information content (AvgIpc) is 2.28. The normalized spacial score (nSPS) is 10.1. The molecule has 0 bridgehead atoms. The molecule has 1 heterocycles. The fourth-order valence-electron chi connectivity index (χ4n) is 1.16. The minimum atomic E-state index is -0.259. The number of nitrogens with zero attached hydrogens (tertiary/aromatic N) is 2. The molecule has 0 aliphatic heterocycles. The first-order valence-electron chi connectivity index (χ1n) is 4.62. The molecular formula is C11H9BrN2O2. The van der Waals surface area contributed by atoms with Crippen LogP contribution in [0.5, 0.6) is 11.6 Å². The minimum absolute atomic E-state index is 0.0762. The molecule has 4 nitrogen and oxygen atoms in total. The molecule has 0 saturated carbocycles. The molecule has 0 aliphatic carbocycles. The summed E-state index contributed by atoms with van der Waals surface area (Å²) in [4.78, 5) is 15.5. The third-order valence-electron chi connectivity index (χ3n) is 2.01. The first-order valence-corrected chi connectivity index (χ1v) is 5.41. The van der Waals surface area contributed by atoms with Crippen LogP contribution in [0.15, 0.2) is 45.9 Å². The molecule has 0 atom stereocenters. The van der Waals surface area contributed by atoms with E-state index in [9.17, 15) is 4.79 Å². The Morgan fingerprint density at radius 3 is 2.69 bits per heavy atom. The zero-order valence-corrected chi connectivity index (χ0v) is 10.1. The van der Waals surface area contributed by atoms with Gasteiger partial charge < -0.3 is 9.30 Å². The van der Waals surface area contributed by atoms with Gasteiger partial charge in [0.15, 0.2) is 0 Å². The van der Waals surface area contributed by atoms with Crippen molar-refractivity contribution in [2.24, 2.45) is 7.05 Å². The third-order valence-corrected chi connectivity index (χ3v) is 2.54.